The van der Waals surface area contributed by atoms with Crippen molar-refractivity contribution >= 4 is 23.9 Å². The number of hydrazone groups is 1. The zero-order valence-electron chi connectivity index (χ0n) is 12.5. The quantitative estimate of drug-likeness (QED) is 0.634. The molecule has 0 spiro atoms. The number of para-hydroxylation sites is 1. The van der Waals surface area contributed by atoms with Gasteiger partial charge in [0, 0.05) is 11.9 Å². The zero-order valence-corrected chi connectivity index (χ0v) is 12.5. The van der Waals surface area contributed by atoms with Gasteiger partial charge in [-0.2, -0.15) is 5.10 Å². The minimum absolute atomic E-state index is 0.185. The minimum atomic E-state index is -0.187. The van der Waals surface area contributed by atoms with Gasteiger partial charge in [0.05, 0.1) is 6.54 Å². The smallest absolute Gasteiger partial charge is 0.259 e. The molecule has 4 nitrogen and oxygen atoms in total. The van der Waals surface area contributed by atoms with Crippen LogP contribution in [0.2, 0.25) is 0 Å². The van der Waals surface area contributed by atoms with E-state index in [1.165, 1.54) is 0 Å². The van der Waals surface area contributed by atoms with Gasteiger partial charge in [-0.1, -0.05) is 54.6 Å². The number of rotatable bonds is 6. The molecule has 2 aromatic carbocycles. The summed E-state index contributed by atoms with van der Waals surface area (Å²) in [5.74, 6) is -0.187. The van der Waals surface area contributed by atoms with E-state index in [0.717, 1.165) is 16.8 Å². The minimum Gasteiger partial charge on any atom is -0.376 e. The second-order valence-electron chi connectivity index (χ2n) is 4.75. The van der Waals surface area contributed by atoms with Crippen LogP contribution in [0.25, 0.3) is 6.08 Å². The summed E-state index contributed by atoms with van der Waals surface area (Å²) < 4.78 is 0. The topological polar surface area (TPSA) is 53.5 Å². The van der Waals surface area contributed by atoms with Gasteiger partial charge in [-0.25, -0.2) is 5.43 Å². The Hall–Kier alpha value is -2.88. The molecule has 2 rings (SSSR count). The lowest BCUT2D eigenvalue weighted by atomic mass is 10.2. The Bertz CT molecular complexity index is 663. The van der Waals surface area contributed by atoms with Gasteiger partial charge in [-0.15, -0.1) is 0 Å². The molecule has 0 aliphatic heterocycles. The van der Waals surface area contributed by atoms with Crippen molar-refractivity contribution in [2.75, 3.05) is 11.9 Å². The second kappa shape index (κ2) is 8.42. The van der Waals surface area contributed by atoms with Gasteiger partial charge in [0.1, 0.15) is 0 Å². The van der Waals surface area contributed by atoms with Crippen molar-refractivity contribution in [3.05, 3.63) is 71.8 Å². The Balaban J connectivity index is 1.73. The Morgan fingerprint density at radius 1 is 1.09 bits per heavy atom. The average Bonchev–Trinajstić information content (AvgIpc) is 2.55. The van der Waals surface area contributed by atoms with Crippen molar-refractivity contribution in [2.24, 2.45) is 5.10 Å². The van der Waals surface area contributed by atoms with E-state index in [4.69, 9.17) is 0 Å². The van der Waals surface area contributed by atoms with Crippen LogP contribution in [-0.4, -0.2) is 18.7 Å². The van der Waals surface area contributed by atoms with Crippen molar-refractivity contribution in [3.63, 3.8) is 0 Å². The number of allylic oxidation sites excluding steroid dienone is 1. The fraction of sp³-hybridized carbons (Fsp3) is 0.111. The summed E-state index contributed by atoms with van der Waals surface area (Å²) in [5, 5.41) is 6.95. The van der Waals surface area contributed by atoms with Crippen LogP contribution in [0.4, 0.5) is 5.69 Å². The van der Waals surface area contributed by atoms with E-state index in [-0.39, 0.29) is 12.5 Å². The van der Waals surface area contributed by atoms with E-state index in [2.05, 4.69) is 15.8 Å². The fourth-order valence-corrected chi connectivity index (χ4v) is 1.86. The lowest BCUT2D eigenvalue weighted by Gasteiger charge is -2.07. The highest BCUT2D eigenvalue weighted by atomic mass is 16.2. The van der Waals surface area contributed by atoms with Gasteiger partial charge in [0.25, 0.3) is 5.91 Å². The second-order valence-corrected chi connectivity index (χ2v) is 4.75. The van der Waals surface area contributed by atoms with E-state index in [1.807, 2.05) is 67.6 Å². The van der Waals surface area contributed by atoms with E-state index >= 15 is 0 Å². The summed E-state index contributed by atoms with van der Waals surface area (Å²) in [7, 11) is 0. The molecule has 0 fully saturated rings. The molecule has 4 heteroatoms. The lowest BCUT2D eigenvalue weighted by molar-refractivity contribution is -0.119. The highest BCUT2D eigenvalue weighted by molar-refractivity contribution is 5.83. The molecule has 112 valence electrons. The molecule has 0 heterocycles. The first-order valence-electron chi connectivity index (χ1n) is 7.09. The summed E-state index contributed by atoms with van der Waals surface area (Å²) in [6.07, 6.45) is 5.25. The molecular formula is C18H19N3O. The Labute approximate surface area is 130 Å². The molecule has 0 radical (unpaired) electrons. The van der Waals surface area contributed by atoms with Gasteiger partial charge < -0.3 is 5.32 Å². The third-order valence-electron chi connectivity index (χ3n) is 3.02. The molecule has 2 aromatic rings. The number of amides is 1. The van der Waals surface area contributed by atoms with Crippen LogP contribution in [0.3, 0.4) is 0 Å². The van der Waals surface area contributed by atoms with Gasteiger partial charge in [-0.05, 0) is 30.2 Å². The van der Waals surface area contributed by atoms with Crippen LogP contribution >= 0.6 is 0 Å². The van der Waals surface area contributed by atoms with Crippen molar-refractivity contribution in [1.29, 1.82) is 0 Å². The molecule has 0 unspecified atom stereocenters. The normalized spacial score (nSPS) is 11.0. The van der Waals surface area contributed by atoms with Crippen molar-refractivity contribution in [2.45, 2.75) is 6.92 Å². The highest BCUT2D eigenvalue weighted by Gasteiger charge is 2.00. The summed E-state index contributed by atoms with van der Waals surface area (Å²) in [6.45, 7) is 2.18. The van der Waals surface area contributed by atoms with Gasteiger partial charge in [-0.3, -0.25) is 4.79 Å². The summed E-state index contributed by atoms with van der Waals surface area (Å²) in [5.41, 5.74) is 5.61. The maximum absolute atomic E-state index is 11.6. The van der Waals surface area contributed by atoms with E-state index in [9.17, 15) is 4.79 Å². The molecule has 0 saturated carbocycles. The molecule has 2 N–H and O–H groups in total. The molecule has 1 amide bonds. The number of hydrogen-bond acceptors (Lipinski definition) is 3. The number of anilines is 1. The number of nitrogens with zero attached hydrogens (tertiary/aromatic N) is 1. The number of benzene rings is 2. The summed E-state index contributed by atoms with van der Waals surface area (Å²) in [6, 6.07) is 17.7. The lowest BCUT2D eigenvalue weighted by Crippen LogP contribution is -2.25. The van der Waals surface area contributed by atoms with Crippen LogP contribution in [0, 0.1) is 6.92 Å². The number of aryl methyl sites for hydroxylation is 1. The van der Waals surface area contributed by atoms with E-state index in [0.29, 0.717) is 0 Å². The van der Waals surface area contributed by atoms with Gasteiger partial charge in [0.2, 0.25) is 0 Å². The summed E-state index contributed by atoms with van der Waals surface area (Å²) >= 11 is 0. The molecule has 0 aliphatic carbocycles. The standard InChI is InChI=1S/C18H19N3O/c1-15-8-5-6-12-17(15)19-14-18(22)21-20-13-7-11-16-9-3-2-4-10-16/h2-13,19H,14H2,1H3,(H,21,22)/b11-7+,20-13-. The largest absolute Gasteiger partial charge is 0.376 e. The molecule has 0 aliphatic rings. The van der Waals surface area contributed by atoms with Crippen LogP contribution in [0.15, 0.2) is 65.8 Å². The first-order valence-corrected chi connectivity index (χ1v) is 7.09. The summed E-state index contributed by atoms with van der Waals surface area (Å²) in [4.78, 5) is 11.6. The predicted molar refractivity (Wildman–Crippen MR) is 91.8 cm³/mol. The van der Waals surface area contributed by atoms with Crippen LogP contribution in [0.5, 0.6) is 0 Å². The van der Waals surface area contributed by atoms with Crippen LogP contribution < -0.4 is 10.7 Å². The molecule has 0 aromatic heterocycles. The Kier molecular flexibility index (Phi) is 5.93. The predicted octanol–water partition coefficient (Wildman–Crippen LogP) is 3.22. The van der Waals surface area contributed by atoms with E-state index < -0.39 is 0 Å². The van der Waals surface area contributed by atoms with Crippen LogP contribution in [-0.2, 0) is 4.79 Å². The molecule has 22 heavy (non-hydrogen) atoms. The van der Waals surface area contributed by atoms with Crippen molar-refractivity contribution in [1.82, 2.24) is 5.43 Å². The van der Waals surface area contributed by atoms with Crippen molar-refractivity contribution < 1.29 is 4.79 Å². The number of hydrogen-bond donors (Lipinski definition) is 2. The highest BCUT2D eigenvalue weighted by Crippen LogP contribution is 2.12. The van der Waals surface area contributed by atoms with Crippen LogP contribution in [0.1, 0.15) is 11.1 Å². The third-order valence-corrected chi connectivity index (χ3v) is 3.02. The maximum Gasteiger partial charge on any atom is 0.259 e. The first kappa shape index (κ1) is 15.5. The third kappa shape index (κ3) is 5.25. The molecule has 0 atom stereocenters. The number of nitrogens with one attached hydrogen (secondary N) is 2. The van der Waals surface area contributed by atoms with Crippen molar-refractivity contribution in [3.8, 4) is 0 Å². The first-order chi connectivity index (χ1) is 10.8. The monoisotopic (exact) mass is 293 g/mol. The van der Waals surface area contributed by atoms with Gasteiger partial charge in [0.15, 0.2) is 0 Å². The number of carbonyl (C=O) groups excluding carboxylic acids is 1. The molecule has 0 bridgehead atoms. The van der Waals surface area contributed by atoms with E-state index in [1.54, 1.807) is 12.3 Å². The Morgan fingerprint density at radius 2 is 1.82 bits per heavy atom. The fourth-order valence-electron chi connectivity index (χ4n) is 1.86. The zero-order chi connectivity index (χ0) is 15.6. The van der Waals surface area contributed by atoms with Gasteiger partial charge >= 0.3 is 0 Å². The molecular weight excluding hydrogens is 274 g/mol. The Morgan fingerprint density at radius 3 is 2.59 bits per heavy atom. The maximum atomic E-state index is 11.6. The molecule has 0 saturated heterocycles. The average molecular weight is 293 g/mol. The number of carbonyl (C=O) groups is 1. The SMILES string of the molecule is Cc1ccccc1NCC(=O)N/N=C\C=C\c1ccccc1.